The molecular formula is C16H16N4O. The number of nitrogens with zero attached hydrogens (tertiary/aromatic N) is 4. The maximum absolute atomic E-state index is 5.39. The third-order valence-electron chi connectivity index (χ3n) is 3.91. The number of aliphatic imine (C=N–C) groups is 1. The van der Waals surface area contributed by atoms with E-state index in [9.17, 15) is 0 Å². The minimum Gasteiger partial charge on any atom is -0.378 e. The molecule has 0 radical (unpaired) electrons. The highest BCUT2D eigenvalue weighted by Gasteiger charge is 2.20. The molecular weight excluding hydrogens is 264 g/mol. The molecule has 5 heteroatoms. The fourth-order valence-electron chi connectivity index (χ4n) is 2.80. The monoisotopic (exact) mass is 280 g/mol. The third-order valence-corrected chi connectivity index (χ3v) is 3.91. The minimum atomic E-state index is 0.738. The van der Waals surface area contributed by atoms with Crippen molar-refractivity contribution in [3.8, 4) is 0 Å². The summed E-state index contributed by atoms with van der Waals surface area (Å²) in [6.45, 7) is 3.99. The zero-order valence-corrected chi connectivity index (χ0v) is 11.7. The molecule has 2 aromatic rings. The lowest BCUT2D eigenvalue weighted by molar-refractivity contribution is 0.122. The summed E-state index contributed by atoms with van der Waals surface area (Å²) in [6, 6.07) is 10.4. The minimum absolute atomic E-state index is 0.738. The molecule has 0 saturated carbocycles. The maximum atomic E-state index is 5.39. The highest BCUT2D eigenvalue weighted by atomic mass is 16.5. The van der Waals surface area contributed by atoms with E-state index in [0.717, 1.165) is 50.1 Å². The summed E-state index contributed by atoms with van der Waals surface area (Å²) in [5.74, 6) is 0.954. The van der Waals surface area contributed by atoms with Crippen LogP contribution in [0.2, 0.25) is 0 Å². The van der Waals surface area contributed by atoms with Gasteiger partial charge in [0.15, 0.2) is 0 Å². The van der Waals surface area contributed by atoms with Gasteiger partial charge in [0, 0.05) is 24.7 Å². The average molecular weight is 280 g/mol. The van der Waals surface area contributed by atoms with Crippen LogP contribution in [0.5, 0.6) is 0 Å². The number of hydrogen-bond acceptors (Lipinski definition) is 5. The molecule has 1 aromatic carbocycles. The van der Waals surface area contributed by atoms with E-state index >= 15 is 0 Å². The molecule has 1 saturated heterocycles. The van der Waals surface area contributed by atoms with Crippen molar-refractivity contribution in [3.63, 3.8) is 0 Å². The molecule has 106 valence electrons. The van der Waals surface area contributed by atoms with Gasteiger partial charge in [0.25, 0.3) is 0 Å². The van der Waals surface area contributed by atoms with E-state index in [-0.39, 0.29) is 0 Å². The third kappa shape index (κ3) is 2.29. The molecule has 0 atom stereocenters. The Morgan fingerprint density at radius 3 is 2.81 bits per heavy atom. The fraction of sp³-hybridized carbons (Fsp3) is 0.312. The van der Waals surface area contributed by atoms with Gasteiger partial charge in [-0.1, -0.05) is 24.3 Å². The van der Waals surface area contributed by atoms with Crippen LogP contribution in [-0.2, 0) is 11.3 Å². The predicted molar refractivity (Wildman–Crippen MR) is 80.8 cm³/mol. The van der Waals surface area contributed by atoms with Gasteiger partial charge in [-0.3, -0.25) is 4.99 Å². The first-order valence-corrected chi connectivity index (χ1v) is 7.20. The van der Waals surface area contributed by atoms with Crippen molar-refractivity contribution in [2.75, 3.05) is 31.2 Å². The van der Waals surface area contributed by atoms with Gasteiger partial charge in [-0.05, 0) is 5.56 Å². The number of rotatable bonds is 2. The van der Waals surface area contributed by atoms with E-state index in [1.807, 2.05) is 12.1 Å². The molecule has 0 unspecified atom stereocenters. The Balaban J connectivity index is 1.67. The van der Waals surface area contributed by atoms with Gasteiger partial charge < -0.3 is 9.64 Å². The maximum Gasteiger partial charge on any atom is 0.132 e. The number of anilines is 1. The number of morpholine rings is 1. The van der Waals surface area contributed by atoms with E-state index in [4.69, 9.17) is 4.74 Å². The van der Waals surface area contributed by atoms with Crippen LogP contribution < -0.4 is 4.90 Å². The fourth-order valence-corrected chi connectivity index (χ4v) is 2.80. The molecule has 2 aliphatic rings. The standard InChI is InChI=1S/C16H16N4O/c1-2-4-13-12(3-1)10-17-16(13)14-9-15(19-11-18-14)20-5-7-21-8-6-20/h1-4,9,11H,5-8,10H2. The Morgan fingerprint density at radius 1 is 1.05 bits per heavy atom. The topological polar surface area (TPSA) is 50.6 Å². The van der Waals surface area contributed by atoms with Crippen LogP contribution in [0, 0.1) is 0 Å². The lowest BCUT2D eigenvalue weighted by atomic mass is 10.0. The SMILES string of the molecule is c1ccc2c(c1)CN=C2c1cc(N2CCOCC2)ncn1. The zero-order chi connectivity index (χ0) is 14.1. The molecule has 0 amide bonds. The van der Waals surface area contributed by atoms with Crippen molar-refractivity contribution < 1.29 is 4.74 Å². The van der Waals surface area contributed by atoms with Crippen LogP contribution in [0.25, 0.3) is 0 Å². The van der Waals surface area contributed by atoms with Crippen LogP contribution in [0.15, 0.2) is 41.7 Å². The molecule has 1 aromatic heterocycles. The first-order chi connectivity index (χ1) is 10.4. The smallest absolute Gasteiger partial charge is 0.132 e. The molecule has 1 fully saturated rings. The Labute approximate surface area is 123 Å². The molecule has 21 heavy (non-hydrogen) atoms. The molecule has 0 bridgehead atoms. The van der Waals surface area contributed by atoms with Crippen molar-refractivity contribution in [1.82, 2.24) is 9.97 Å². The van der Waals surface area contributed by atoms with E-state index in [1.54, 1.807) is 6.33 Å². The predicted octanol–water partition coefficient (Wildman–Crippen LogP) is 1.66. The molecule has 5 nitrogen and oxygen atoms in total. The number of fused-ring (bicyclic) bond motifs is 1. The summed E-state index contributed by atoms with van der Waals surface area (Å²) < 4.78 is 5.39. The lowest BCUT2D eigenvalue weighted by Crippen LogP contribution is -2.36. The molecule has 0 aliphatic carbocycles. The molecule has 0 N–H and O–H groups in total. The van der Waals surface area contributed by atoms with Crippen molar-refractivity contribution >= 4 is 11.5 Å². The number of benzene rings is 1. The summed E-state index contributed by atoms with van der Waals surface area (Å²) >= 11 is 0. The Bertz CT molecular complexity index is 692. The van der Waals surface area contributed by atoms with E-state index < -0.39 is 0 Å². The van der Waals surface area contributed by atoms with Gasteiger partial charge in [-0.2, -0.15) is 0 Å². The van der Waals surface area contributed by atoms with Crippen LogP contribution in [0.3, 0.4) is 0 Å². The normalized spacial score (nSPS) is 17.5. The van der Waals surface area contributed by atoms with Gasteiger partial charge in [0.1, 0.15) is 12.1 Å². The second kappa shape index (κ2) is 5.26. The van der Waals surface area contributed by atoms with E-state index in [1.165, 1.54) is 11.1 Å². The van der Waals surface area contributed by atoms with E-state index in [2.05, 4.69) is 38.1 Å². The van der Waals surface area contributed by atoms with Crippen LogP contribution in [-0.4, -0.2) is 42.0 Å². The van der Waals surface area contributed by atoms with E-state index in [0.29, 0.717) is 0 Å². The summed E-state index contributed by atoms with van der Waals surface area (Å²) in [5.41, 5.74) is 4.32. The van der Waals surface area contributed by atoms with Crippen LogP contribution in [0.1, 0.15) is 16.8 Å². The summed E-state index contributed by atoms with van der Waals surface area (Å²) in [4.78, 5) is 15.7. The second-order valence-electron chi connectivity index (χ2n) is 5.18. The van der Waals surface area contributed by atoms with Crippen LogP contribution in [0.4, 0.5) is 5.82 Å². The average Bonchev–Trinajstić information content (AvgIpc) is 3.00. The first-order valence-electron chi connectivity index (χ1n) is 7.20. The Kier molecular flexibility index (Phi) is 3.12. The Morgan fingerprint density at radius 2 is 1.90 bits per heavy atom. The summed E-state index contributed by atoms with van der Waals surface area (Å²) in [7, 11) is 0. The molecule has 4 rings (SSSR count). The zero-order valence-electron chi connectivity index (χ0n) is 11.7. The summed E-state index contributed by atoms with van der Waals surface area (Å²) in [5, 5.41) is 0. The van der Waals surface area contributed by atoms with Gasteiger partial charge in [0.2, 0.25) is 0 Å². The van der Waals surface area contributed by atoms with Crippen molar-refractivity contribution in [2.45, 2.75) is 6.54 Å². The largest absolute Gasteiger partial charge is 0.378 e. The molecule has 3 heterocycles. The molecule has 0 spiro atoms. The van der Waals surface area contributed by atoms with Gasteiger partial charge in [0.05, 0.1) is 31.2 Å². The van der Waals surface area contributed by atoms with Crippen molar-refractivity contribution in [1.29, 1.82) is 0 Å². The quantitative estimate of drug-likeness (QED) is 0.839. The lowest BCUT2D eigenvalue weighted by Gasteiger charge is -2.27. The van der Waals surface area contributed by atoms with Gasteiger partial charge in [-0.15, -0.1) is 0 Å². The van der Waals surface area contributed by atoms with Crippen molar-refractivity contribution in [3.05, 3.63) is 53.5 Å². The molecule has 2 aliphatic heterocycles. The number of aromatic nitrogens is 2. The second-order valence-corrected chi connectivity index (χ2v) is 5.18. The Hall–Kier alpha value is -2.27. The number of ether oxygens (including phenoxy) is 1. The first kappa shape index (κ1) is 12.5. The van der Waals surface area contributed by atoms with Gasteiger partial charge >= 0.3 is 0 Å². The highest BCUT2D eigenvalue weighted by Crippen LogP contribution is 2.23. The van der Waals surface area contributed by atoms with Crippen molar-refractivity contribution in [2.24, 2.45) is 4.99 Å². The van der Waals surface area contributed by atoms with Crippen LogP contribution >= 0.6 is 0 Å². The number of hydrogen-bond donors (Lipinski definition) is 0. The highest BCUT2D eigenvalue weighted by molar-refractivity contribution is 6.14. The summed E-state index contributed by atoms with van der Waals surface area (Å²) in [6.07, 6.45) is 1.63. The van der Waals surface area contributed by atoms with Gasteiger partial charge in [-0.25, -0.2) is 9.97 Å².